The summed E-state index contributed by atoms with van der Waals surface area (Å²) < 4.78 is 0. The van der Waals surface area contributed by atoms with E-state index >= 15 is 0 Å². The van der Waals surface area contributed by atoms with E-state index in [0.717, 1.165) is 25.9 Å². The van der Waals surface area contributed by atoms with Crippen LogP contribution in [0.5, 0.6) is 0 Å². The lowest BCUT2D eigenvalue weighted by atomic mass is 10.2. The maximum absolute atomic E-state index is 10.8. The third-order valence-electron chi connectivity index (χ3n) is 2.38. The smallest absolute Gasteiger partial charge is 0.320 e. The zero-order chi connectivity index (χ0) is 9.84. The first-order valence-electron chi connectivity index (χ1n) is 4.71. The normalized spacial score (nSPS) is 23.1. The Balaban J connectivity index is 2.49. The topological polar surface area (TPSA) is 40.5 Å². The van der Waals surface area contributed by atoms with Gasteiger partial charge in [-0.2, -0.15) is 0 Å². The molecule has 0 saturated carbocycles. The minimum Gasteiger partial charge on any atom is -0.480 e. The van der Waals surface area contributed by atoms with Crippen LogP contribution in [-0.4, -0.2) is 35.1 Å². The second-order valence-electron chi connectivity index (χ2n) is 3.77. The molecule has 13 heavy (non-hydrogen) atoms. The van der Waals surface area contributed by atoms with Crippen molar-refractivity contribution in [2.75, 3.05) is 13.1 Å². The van der Waals surface area contributed by atoms with Gasteiger partial charge >= 0.3 is 5.97 Å². The van der Waals surface area contributed by atoms with Gasteiger partial charge in [0.05, 0.1) is 0 Å². The molecule has 1 heterocycles. The van der Waals surface area contributed by atoms with E-state index in [1.807, 2.05) is 18.7 Å². The molecule has 0 aromatic carbocycles. The number of hydrogen-bond donors (Lipinski definition) is 1. The molecule has 3 heteroatoms. The number of aliphatic carboxylic acids is 1. The van der Waals surface area contributed by atoms with Crippen LogP contribution in [0.1, 0.15) is 26.7 Å². The summed E-state index contributed by atoms with van der Waals surface area (Å²) in [5.74, 6) is -0.681. The second-order valence-corrected chi connectivity index (χ2v) is 3.77. The lowest BCUT2D eigenvalue weighted by Gasteiger charge is -2.18. The van der Waals surface area contributed by atoms with Gasteiger partial charge in [0, 0.05) is 6.54 Å². The Labute approximate surface area is 79.0 Å². The van der Waals surface area contributed by atoms with Gasteiger partial charge in [0.1, 0.15) is 6.04 Å². The first kappa shape index (κ1) is 10.3. The molecule has 74 valence electrons. The molecule has 0 spiro atoms. The summed E-state index contributed by atoms with van der Waals surface area (Å²) in [6.07, 6.45) is 3.89. The van der Waals surface area contributed by atoms with Crippen LogP contribution in [0, 0.1) is 0 Å². The Bertz CT molecular complexity index is 219. The fourth-order valence-electron chi connectivity index (χ4n) is 1.62. The van der Waals surface area contributed by atoms with E-state index in [-0.39, 0.29) is 6.04 Å². The summed E-state index contributed by atoms with van der Waals surface area (Å²) >= 11 is 0. The number of hydrogen-bond acceptors (Lipinski definition) is 2. The number of nitrogens with zero attached hydrogens (tertiary/aromatic N) is 1. The first-order valence-corrected chi connectivity index (χ1v) is 4.71. The summed E-state index contributed by atoms with van der Waals surface area (Å²) in [5.41, 5.74) is 1.25. The number of rotatable bonds is 3. The molecule has 1 fully saturated rings. The van der Waals surface area contributed by atoms with Gasteiger partial charge in [-0.3, -0.25) is 9.69 Å². The highest BCUT2D eigenvalue weighted by molar-refractivity contribution is 5.73. The van der Waals surface area contributed by atoms with Crippen LogP contribution in [-0.2, 0) is 4.79 Å². The monoisotopic (exact) mass is 183 g/mol. The fourth-order valence-corrected chi connectivity index (χ4v) is 1.62. The predicted octanol–water partition coefficient (Wildman–Crippen LogP) is 1.50. The summed E-state index contributed by atoms with van der Waals surface area (Å²) in [6, 6.07) is -0.254. The minimum absolute atomic E-state index is 0.254. The number of carbonyl (C=O) groups is 1. The molecule has 3 nitrogen and oxygen atoms in total. The Morgan fingerprint density at radius 2 is 2.31 bits per heavy atom. The van der Waals surface area contributed by atoms with E-state index in [0.29, 0.717) is 0 Å². The molecule has 1 atom stereocenters. The number of allylic oxidation sites excluding steroid dienone is 1. The van der Waals surface area contributed by atoms with Crippen molar-refractivity contribution in [2.45, 2.75) is 32.7 Å². The van der Waals surface area contributed by atoms with Crippen LogP contribution in [0.3, 0.4) is 0 Å². The summed E-state index contributed by atoms with van der Waals surface area (Å²) in [4.78, 5) is 12.8. The van der Waals surface area contributed by atoms with Gasteiger partial charge in [-0.15, -0.1) is 0 Å². The van der Waals surface area contributed by atoms with Crippen molar-refractivity contribution in [3.63, 3.8) is 0 Å². The predicted molar refractivity (Wildman–Crippen MR) is 51.7 cm³/mol. The van der Waals surface area contributed by atoms with Gasteiger partial charge in [0.2, 0.25) is 0 Å². The van der Waals surface area contributed by atoms with E-state index in [2.05, 4.69) is 6.08 Å². The lowest BCUT2D eigenvalue weighted by molar-refractivity contribution is -0.141. The Morgan fingerprint density at radius 3 is 2.85 bits per heavy atom. The van der Waals surface area contributed by atoms with Crippen molar-refractivity contribution in [3.05, 3.63) is 11.6 Å². The van der Waals surface area contributed by atoms with Crippen molar-refractivity contribution in [2.24, 2.45) is 0 Å². The summed E-state index contributed by atoms with van der Waals surface area (Å²) in [7, 11) is 0. The maximum Gasteiger partial charge on any atom is 0.320 e. The van der Waals surface area contributed by atoms with Crippen molar-refractivity contribution in [3.8, 4) is 0 Å². The van der Waals surface area contributed by atoms with Crippen molar-refractivity contribution in [1.82, 2.24) is 4.90 Å². The molecule has 0 bridgehead atoms. The molecule has 1 aliphatic rings. The van der Waals surface area contributed by atoms with Crippen LogP contribution in [0.15, 0.2) is 11.6 Å². The van der Waals surface area contributed by atoms with Crippen molar-refractivity contribution >= 4 is 5.97 Å². The average molecular weight is 183 g/mol. The Morgan fingerprint density at radius 1 is 1.62 bits per heavy atom. The Hall–Kier alpha value is -0.830. The highest BCUT2D eigenvalue weighted by Gasteiger charge is 2.29. The number of likely N-dealkylation sites (tertiary alicyclic amines) is 1. The van der Waals surface area contributed by atoms with Crippen molar-refractivity contribution in [1.29, 1.82) is 0 Å². The molecule has 1 N–H and O–H groups in total. The van der Waals surface area contributed by atoms with Crippen LogP contribution < -0.4 is 0 Å². The van der Waals surface area contributed by atoms with Crippen LogP contribution in [0.2, 0.25) is 0 Å². The van der Waals surface area contributed by atoms with Gasteiger partial charge in [0.25, 0.3) is 0 Å². The zero-order valence-corrected chi connectivity index (χ0v) is 8.29. The zero-order valence-electron chi connectivity index (χ0n) is 8.29. The molecule has 1 unspecified atom stereocenters. The molecule has 0 aliphatic carbocycles. The molecule has 1 aliphatic heterocycles. The Kier molecular flexibility index (Phi) is 3.48. The van der Waals surface area contributed by atoms with Crippen molar-refractivity contribution < 1.29 is 9.90 Å². The molecule has 0 amide bonds. The van der Waals surface area contributed by atoms with E-state index in [9.17, 15) is 4.79 Å². The van der Waals surface area contributed by atoms with Gasteiger partial charge in [-0.05, 0) is 33.2 Å². The maximum atomic E-state index is 10.8. The molecule has 0 aromatic rings. The molecule has 1 rings (SSSR count). The number of carboxylic acid groups (broad SMARTS) is 1. The third-order valence-corrected chi connectivity index (χ3v) is 2.38. The van der Waals surface area contributed by atoms with Gasteiger partial charge in [-0.1, -0.05) is 11.6 Å². The van der Waals surface area contributed by atoms with Crippen LogP contribution in [0.4, 0.5) is 0 Å². The summed E-state index contributed by atoms with van der Waals surface area (Å²) in [5, 5.41) is 8.89. The highest BCUT2D eigenvalue weighted by Crippen LogP contribution is 2.17. The highest BCUT2D eigenvalue weighted by atomic mass is 16.4. The minimum atomic E-state index is -0.681. The quantitative estimate of drug-likeness (QED) is 0.674. The van der Waals surface area contributed by atoms with Gasteiger partial charge < -0.3 is 5.11 Å². The molecular formula is C10H17NO2. The van der Waals surface area contributed by atoms with Crippen LogP contribution in [0.25, 0.3) is 0 Å². The fraction of sp³-hybridized carbons (Fsp3) is 0.700. The molecule has 0 radical (unpaired) electrons. The summed E-state index contributed by atoms with van der Waals surface area (Å²) in [6.45, 7) is 5.76. The van der Waals surface area contributed by atoms with E-state index in [1.165, 1.54) is 5.57 Å². The molecule has 0 aromatic heterocycles. The molecular weight excluding hydrogens is 166 g/mol. The average Bonchev–Trinajstić information content (AvgIpc) is 2.47. The van der Waals surface area contributed by atoms with E-state index < -0.39 is 5.97 Å². The van der Waals surface area contributed by atoms with Gasteiger partial charge in [0.15, 0.2) is 0 Å². The van der Waals surface area contributed by atoms with E-state index in [4.69, 9.17) is 5.11 Å². The lowest BCUT2D eigenvalue weighted by Crippen LogP contribution is -2.35. The largest absolute Gasteiger partial charge is 0.480 e. The number of carboxylic acids is 1. The second kappa shape index (κ2) is 4.42. The standard InChI is InChI=1S/C10H17NO2/c1-8(2)5-7-11-6-3-4-9(11)10(12)13/h5,9H,3-4,6-7H2,1-2H3,(H,12,13). The van der Waals surface area contributed by atoms with E-state index in [1.54, 1.807) is 0 Å². The SMILES string of the molecule is CC(C)=CCN1CCCC1C(=O)O. The first-order chi connectivity index (χ1) is 6.11. The molecule has 1 saturated heterocycles. The van der Waals surface area contributed by atoms with Crippen LogP contribution >= 0.6 is 0 Å². The third kappa shape index (κ3) is 2.84. The van der Waals surface area contributed by atoms with Gasteiger partial charge in [-0.25, -0.2) is 0 Å².